The van der Waals surface area contributed by atoms with E-state index in [0.717, 1.165) is 12.0 Å². The summed E-state index contributed by atoms with van der Waals surface area (Å²) in [5.74, 6) is 0.118. The van der Waals surface area contributed by atoms with E-state index >= 15 is 0 Å². The van der Waals surface area contributed by atoms with Gasteiger partial charge in [0.15, 0.2) is 0 Å². The second-order valence-corrected chi connectivity index (χ2v) is 2.73. The molecule has 0 radical (unpaired) electrons. The fraction of sp³-hybridized carbons (Fsp3) is 0.250. The van der Waals surface area contributed by atoms with Crippen LogP contribution in [0.3, 0.4) is 0 Å². The summed E-state index contributed by atoms with van der Waals surface area (Å²) in [5, 5.41) is 9.43. The summed E-state index contributed by atoms with van der Waals surface area (Å²) in [5.41, 5.74) is 6.39. The molecule has 0 saturated heterocycles. The topological polar surface area (TPSA) is 46.2 Å². The fourth-order valence-corrected chi connectivity index (χ4v) is 1.08. The summed E-state index contributed by atoms with van der Waals surface area (Å²) in [6, 6.07) is 5.12. The van der Waals surface area contributed by atoms with Crippen molar-refractivity contribution in [1.82, 2.24) is 0 Å². The van der Waals surface area contributed by atoms with Gasteiger partial charge in [-0.25, -0.2) is 0 Å². The van der Waals surface area contributed by atoms with Crippen LogP contribution >= 0.6 is 24.0 Å². The number of hydrogen-bond donors (Lipinski definition) is 2. The largest absolute Gasteiger partial charge is 0.506 e. The van der Waals surface area contributed by atoms with E-state index in [0.29, 0.717) is 11.6 Å². The van der Waals surface area contributed by atoms with Gasteiger partial charge in [0.1, 0.15) is 5.75 Å². The van der Waals surface area contributed by atoms with E-state index in [4.69, 9.17) is 22.4 Å². The smallest absolute Gasteiger partial charge is 0.134 e. The van der Waals surface area contributed by atoms with Gasteiger partial charge in [0.25, 0.3) is 0 Å². The van der Waals surface area contributed by atoms with Crippen LogP contribution in [-0.2, 0) is 6.42 Å². The van der Waals surface area contributed by atoms with Crippen molar-refractivity contribution in [3.63, 3.8) is 0 Å². The Hall–Kier alpha value is -0.440. The van der Waals surface area contributed by atoms with Crippen molar-refractivity contribution in [2.24, 2.45) is 5.73 Å². The molecule has 68 valence electrons. The SMILES string of the molecule is Cl.NCCc1ccc(O)c(Cl)c1. The van der Waals surface area contributed by atoms with Crippen molar-refractivity contribution in [2.45, 2.75) is 6.42 Å². The first-order valence-electron chi connectivity index (χ1n) is 3.41. The molecule has 1 aromatic carbocycles. The number of nitrogens with two attached hydrogens (primary N) is 1. The molecule has 0 atom stereocenters. The van der Waals surface area contributed by atoms with Crippen LogP contribution in [0.1, 0.15) is 5.56 Å². The normalized spacial score (nSPS) is 9.17. The van der Waals surface area contributed by atoms with Crippen LogP contribution in [0.25, 0.3) is 0 Å². The van der Waals surface area contributed by atoms with Gasteiger partial charge in [-0.2, -0.15) is 0 Å². The van der Waals surface area contributed by atoms with E-state index in [1.165, 1.54) is 0 Å². The second-order valence-electron chi connectivity index (χ2n) is 2.32. The molecule has 4 heteroatoms. The molecule has 0 saturated carbocycles. The number of benzene rings is 1. The quantitative estimate of drug-likeness (QED) is 0.780. The minimum absolute atomic E-state index is 0. The molecule has 0 spiro atoms. The second kappa shape index (κ2) is 5.25. The Balaban J connectivity index is 0.00000121. The van der Waals surface area contributed by atoms with Gasteiger partial charge in [0, 0.05) is 0 Å². The number of phenols is 1. The lowest BCUT2D eigenvalue weighted by molar-refractivity contribution is 0.475. The Labute approximate surface area is 82.8 Å². The zero-order chi connectivity index (χ0) is 8.27. The number of phenolic OH excluding ortho intramolecular Hbond substituents is 1. The highest BCUT2D eigenvalue weighted by Gasteiger charge is 1.97. The van der Waals surface area contributed by atoms with Gasteiger partial charge in [-0.1, -0.05) is 17.7 Å². The van der Waals surface area contributed by atoms with Crippen molar-refractivity contribution in [3.8, 4) is 5.75 Å². The standard InChI is InChI=1S/C8H10ClNO.ClH/c9-7-5-6(3-4-10)1-2-8(7)11;/h1-2,5,11H,3-4,10H2;1H. The summed E-state index contributed by atoms with van der Waals surface area (Å²) in [7, 11) is 0. The average Bonchev–Trinajstić information content (AvgIpc) is 1.98. The summed E-state index contributed by atoms with van der Waals surface area (Å²) < 4.78 is 0. The van der Waals surface area contributed by atoms with Crippen LogP contribution in [0, 0.1) is 0 Å². The number of aromatic hydroxyl groups is 1. The summed E-state index contributed by atoms with van der Waals surface area (Å²) >= 11 is 5.66. The molecule has 1 rings (SSSR count). The molecule has 12 heavy (non-hydrogen) atoms. The van der Waals surface area contributed by atoms with Crippen LogP contribution in [0.5, 0.6) is 5.75 Å². The van der Waals surface area contributed by atoms with Gasteiger partial charge in [-0.05, 0) is 30.7 Å². The Morgan fingerprint density at radius 1 is 1.42 bits per heavy atom. The highest BCUT2D eigenvalue weighted by Crippen LogP contribution is 2.23. The third-order valence-electron chi connectivity index (χ3n) is 1.45. The van der Waals surface area contributed by atoms with E-state index in [1.54, 1.807) is 12.1 Å². The number of rotatable bonds is 2. The van der Waals surface area contributed by atoms with Crippen LogP contribution in [0.15, 0.2) is 18.2 Å². The molecule has 0 aromatic heterocycles. The molecule has 0 unspecified atom stereocenters. The number of halogens is 2. The number of hydrogen-bond acceptors (Lipinski definition) is 2. The van der Waals surface area contributed by atoms with E-state index in [9.17, 15) is 0 Å². The van der Waals surface area contributed by atoms with Crippen molar-refractivity contribution in [3.05, 3.63) is 28.8 Å². The van der Waals surface area contributed by atoms with E-state index in [2.05, 4.69) is 0 Å². The average molecular weight is 208 g/mol. The van der Waals surface area contributed by atoms with Crippen molar-refractivity contribution >= 4 is 24.0 Å². The van der Waals surface area contributed by atoms with Crippen molar-refractivity contribution in [1.29, 1.82) is 0 Å². The minimum atomic E-state index is 0. The monoisotopic (exact) mass is 207 g/mol. The maximum absolute atomic E-state index is 9.05. The third kappa shape index (κ3) is 2.89. The third-order valence-corrected chi connectivity index (χ3v) is 1.75. The molecule has 0 fully saturated rings. The van der Waals surface area contributed by atoms with Crippen LogP contribution in [0.4, 0.5) is 0 Å². The van der Waals surface area contributed by atoms with Crippen LogP contribution < -0.4 is 5.73 Å². The zero-order valence-electron chi connectivity index (χ0n) is 6.46. The Bertz CT molecular complexity index is 253. The van der Waals surface area contributed by atoms with Crippen molar-refractivity contribution < 1.29 is 5.11 Å². The predicted octanol–water partition coefficient (Wildman–Crippen LogP) is 1.97. The molecular weight excluding hydrogens is 197 g/mol. The van der Waals surface area contributed by atoms with Gasteiger partial charge < -0.3 is 10.8 Å². The highest BCUT2D eigenvalue weighted by molar-refractivity contribution is 6.32. The first-order chi connectivity index (χ1) is 5.24. The first kappa shape index (κ1) is 11.6. The summed E-state index contributed by atoms with van der Waals surface area (Å²) in [4.78, 5) is 0. The lowest BCUT2D eigenvalue weighted by Gasteiger charge is -2.00. The molecule has 0 aliphatic heterocycles. The predicted molar refractivity (Wildman–Crippen MR) is 53.1 cm³/mol. The molecule has 0 heterocycles. The summed E-state index contributed by atoms with van der Waals surface area (Å²) in [6.07, 6.45) is 0.792. The summed E-state index contributed by atoms with van der Waals surface area (Å²) in [6.45, 7) is 0.598. The molecule has 1 aromatic rings. The van der Waals surface area contributed by atoms with Crippen molar-refractivity contribution in [2.75, 3.05) is 6.54 Å². The van der Waals surface area contributed by atoms with E-state index < -0.39 is 0 Å². The lowest BCUT2D eigenvalue weighted by Crippen LogP contribution is -2.02. The maximum atomic E-state index is 9.05. The maximum Gasteiger partial charge on any atom is 0.134 e. The lowest BCUT2D eigenvalue weighted by atomic mass is 10.1. The van der Waals surface area contributed by atoms with Gasteiger partial charge >= 0.3 is 0 Å². The van der Waals surface area contributed by atoms with Gasteiger partial charge in [-0.3, -0.25) is 0 Å². The highest BCUT2D eigenvalue weighted by atomic mass is 35.5. The molecule has 2 nitrogen and oxygen atoms in total. The Kier molecular flexibility index (Phi) is 5.06. The molecule has 0 aliphatic carbocycles. The Morgan fingerprint density at radius 2 is 2.08 bits per heavy atom. The van der Waals surface area contributed by atoms with Crippen LogP contribution in [0.2, 0.25) is 5.02 Å². The molecule has 0 bridgehead atoms. The zero-order valence-corrected chi connectivity index (χ0v) is 8.03. The molecule has 0 aliphatic rings. The van der Waals surface area contributed by atoms with Gasteiger partial charge in [0.2, 0.25) is 0 Å². The minimum Gasteiger partial charge on any atom is -0.506 e. The molecule has 0 amide bonds. The van der Waals surface area contributed by atoms with E-state index in [-0.39, 0.29) is 18.2 Å². The fourth-order valence-electron chi connectivity index (χ4n) is 0.873. The van der Waals surface area contributed by atoms with Gasteiger partial charge in [-0.15, -0.1) is 12.4 Å². The first-order valence-corrected chi connectivity index (χ1v) is 3.79. The molecular formula is C8H11Cl2NO. The Morgan fingerprint density at radius 3 is 2.58 bits per heavy atom. The van der Waals surface area contributed by atoms with Gasteiger partial charge in [0.05, 0.1) is 5.02 Å². The molecule has 3 N–H and O–H groups in total. The van der Waals surface area contributed by atoms with Crippen LogP contribution in [-0.4, -0.2) is 11.7 Å². The van der Waals surface area contributed by atoms with E-state index in [1.807, 2.05) is 6.07 Å².